The van der Waals surface area contributed by atoms with E-state index in [2.05, 4.69) is 25.4 Å². The molecule has 0 spiro atoms. The van der Waals surface area contributed by atoms with E-state index >= 15 is 0 Å². The maximum Gasteiger partial charge on any atom is 0.0960 e. The van der Waals surface area contributed by atoms with Gasteiger partial charge in [0.2, 0.25) is 0 Å². The first kappa shape index (κ1) is 13.6. The van der Waals surface area contributed by atoms with Crippen molar-refractivity contribution in [3.8, 4) is 0 Å². The Labute approximate surface area is 131 Å². The third kappa shape index (κ3) is 2.07. The van der Waals surface area contributed by atoms with Crippen molar-refractivity contribution in [2.24, 2.45) is 29.6 Å². The SMILES string of the molecule is CNC(c1cc(C)c(Cl)s1)C1C2CC3CC(C2)CC1C3. The van der Waals surface area contributed by atoms with Gasteiger partial charge in [-0.2, -0.15) is 0 Å². The second kappa shape index (κ2) is 5.00. The maximum atomic E-state index is 6.31. The van der Waals surface area contributed by atoms with Crippen molar-refractivity contribution in [2.75, 3.05) is 7.05 Å². The molecule has 4 bridgehead atoms. The number of hydrogen-bond donors (Lipinski definition) is 1. The average molecular weight is 310 g/mol. The number of hydrogen-bond acceptors (Lipinski definition) is 2. The maximum absolute atomic E-state index is 6.31. The zero-order chi connectivity index (χ0) is 13.9. The standard InChI is InChI=1S/C17H24ClNS/c1-9-3-14(20-17(9)18)16(19-2)15-12-5-10-4-11(7-12)8-13(15)6-10/h3,10-13,15-16,19H,4-8H2,1-2H3. The van der Waals surface area contributed by atoms with Gasteiger partial charge in [0.05, 0.1) is 4.34 Å². The van der Waals surface area contributed by atoms with Gasteiger partial charge >= 0.3 is 0 Å². The molecule has 4 aliphatic rings. The summed E-state index contributed by atoms with van der Waals surface area (Å²) < 4.78 is 0.976. The minimum Gasteiger partial charge on any atom is -0.312 e. The molecule has 0 aromatic carbocycles. The molecule has 4 aliphatic carbocycles. The minimum atomic E-state index is 0.529. The summed E-state index contributed by atoms with van der Waals surface area (Å²) in [6, 6.07) is 2.85. The Kier molecular flexibility index (Phi) is 3.40. The lowest BCUT2D eigenvalue weighted by Gasteiger charge is -2.56. The van der Waals surface area contributed by atoms with Crippen molar-refractivity contribution in [3.63, 3.8) is 0 Å². The molecule has 5 rings (SSSR count). The van der Waals surface area contributed by atoms with E-state index in [0.717, 1.165) is 33.9 Å². The van der Waals surface area contributed by atoms with Crippen molar-refractivity contribution in [2.45, 2.75) is 45.1 Å². The Morgan fingerprint density at radius 2 is 1.75 bits per heavy atom. The first-order valence-corrected chi connectivity index (χ1v) is 9.28. The van der Waals surface area contributed by atoms with Crippen LogP contribution < -0.4 is 5.32 Å². The van der Waals surface area contributed by atoms with Crippen molar-refractivity contribution in [1.29, 1.82) is 0 Å². The number of halogens is 1. The van der Waals surface area contributed by atoms with Crippen LogP contribution in [0.15, 0.2) is 6.07 Å². The van der Waals surface area contributed by atoms with Gasteiger partial charge in [-0.1, -0.05) is 11.6 Å². The number of rotatable bonds is 3. The first-order chi connectivity index (χ1) is 9.65. The minimum absolute atomic E-state index is 0.529. The molecule has 0 amide bonds. The van der Waals surface area contributed by atoms with Crippen LogP contribution in [-0.2, 0) is 0 Å². The summed E-state index contributed by atoms with van der Waals surface area (Å²) in [4.78, 5) is 1.47. The van der Waals surface area contributed by atoms with Crippen molar-refractivity contribution >= 4 is 22.9 Å². The molecule has 1 nitrogen and oxygen atoms in total. The molecule has 0 radical (unpaired) electrons. The van der Waals surface area contributed by atoms with E-state index < -0.39 is 0 Å². The highest BCUT2D eigenvalue weighted by Crippen LogP contribution is 2.59. The number of aryl methyl sites for hydroxylation is 1. The largest absolute Gasteiger partial charge is 0.312 e. The van der Waals surface area contributed by atoms with Gasteiger partial charge in [-0.25, -0.2) is 0 Å². The molecule has 1 aromatic heterocycles. The van der Waals surface area contributed by atoms with Crippen LogP contribution in [0.3, 0.4) is 0 Å². The number of nitrogens with one attached hydrogen (secondary N) is 1. The second-order valence-electron chi connectivity index (χ2n) is 7.38. The summed E-state index contributed by atoms with van der Waals surface area (Å²) in [5, 5.41) is 3.64. The first-order valence-electron chi connectivity index (χ1n) is 8.08. The summed E-state index contributed by atoms with van der Waals surface area (Å²) in [6.07, 6.45) is 7.51. The van der Waals surface area contributed by atoms with Crippen LogP contribution in [0.25, 0.3) is 0 Å². The molecule has 20 heavy (non-hydrogen) atoms. The van der Waals surface area contributed by atoms with Crippen molar-refractivity contribution in [1.82, 2.24) is 5.32 Å². The predicted octanol–water partition coefficient (Wildman–Crippen LogP) is 5.04. The van der Waals surface area contributed by atoms with E-state index in [1.165, 1.54) is 42.5 Å². The van der Waals surface area contributed by atoms with Gasteiger partial charge in [0.15, 0.2) is 0 Å². The normalized spacial score (nSPS) is 40.2. The van der Waals surface area contributed by atoms with Crippen molar-refractivity contribution < 1.29 is 0 Å². The Balaban J connectivity index is 1.64. The molecule has 0 saturated heterocycles. The highest BCUT2D eigenvalue weighted by atomic mass is 35.5. The second-order valence-corrected chi connectivity index (χ2v) is 9.07. The molecule has 1 aromatic rings. The molecular formula is C17H24ClNS. The quantitative estimate of drug-likeness (QED) is 0.824. The van der Waals surface area contributed by atoms with E-state index in [0.29, 0.717) is 6.04 Å². The fraction of sp³-hybridized carbons (Fsp3) is 0.765. The van der Waals surface area contributed by atoms with Crippen LogP contribution in [0.1, 0.15) is 48.6 Å². The summed E-state index contributed by atoms with van der Waals surface area (Å²) in [5.74, 6) is 4.89. The molecule has 4 saturated carbocycles. The van der Waals surface area contributed by atoms with Gasteiger partial charge in [-0.3, -0.25) is 0 Å². The molecule has 1 atom stereocenters. The van der Waals surface area contributed by atoms with E-state index in [1.54, 1.807) is 11.3 Å². The molecule has 3 heteroatoms. The zero-order valence-corrected chi connectivity index (χ0v) is 13.9. The third-order valence-corrected chi connectivity index (χ3v) is 7.82. The molecule has 110 valence electrons. The lowest BCUT2D eigenvalue weighted by molar-refractivity contribution is -0.0510. The lowest BCUT2D eigenvalue weighted by Crippen LogP contribution is -2.49. The van der Waals surface area contributed by atoms with Crippen molar-refractivity contribution in [3.05, 3.63) is 20.8 Å². The Hall–Kier alpha value is -0.0500. The highest BCUT2D eigenvalue weighted by molar-refractivity contribution is 7.16. The Bertz CT molecular complexity index is 462. The van der Waals surface area contributed by atoms with Gasteiger partial charge < -0.3 is 5.32 Å². The summed E-state index contributed by atoms with van der Waals surface area (Å²) in [6.45, 7) is 2.13. The van der Waals surface area contributed by atoms with Crippen LogP contribution in [0.2, 0.25) is 4.34 Å². The zero-order valence-electron chi connectivity index (χ0n) is 12.4. The van der Waals surface area contributed by atoms with Gasteiger partial charge in [0, 0.05) is 10.9 Å². The predicted molar refractivity (Wildman–Crippen MR) is 86.4 cm³/mol. The molecule has 4 fully saturated rings. The fourth-order valence-electron chi connectivity index (χ4n) is 5.67. The molecule has 1 N–H and O–H groups in total. The molecule has 0 aliphatic heterocycles. The Morgan fingerprint density at radius 3 is 2.20 bits per heavy atom. The van der Waals surface area contributed by atoms with Crippen LogP contribution in [0, 0.1) is 36.5 Å². The molecule has 1 heterocycles. The van der Waals surface area contributed by atoms with Crippen LogP contribution in [0.5, 0.6) is 0 Å². The Morgan fingerprint density at radius 1 is 1.15 bits per heavy atom. The van der Waals surface area contributed by atoms with Crippen LogP contribution >= 0.6 is 22.9 Å². The van der Waals surface area contributed by atoms with E-state index in [1.807, 2.05) is 0 Å². The molecule has 1 unspecified atom stereocenters. The number of thiophene rings is 1. The van der Waals surface area contributed by atoms with Gasteiger partial charge in [0.25, 0.3) is 0 Å². The monoisotopic (exact) mass is 309 g/mol. The highest BCUT2D eigenvalue weighted by Gasteiger charge is 2.50. The summed E-state index contributed by atoms with van der Waals surface area (Å²) >= 11 is 8.11. The smallest absolute Gasteiger partial charge is 0.0960 e. The lowest BCUT2D eigenvalue weighted by atomic mass is 9.50. The van der Waals surface area contributed by atoms with Crippen LogP contribution in [0.4, 0.5) is 0 Å². The van der Waals surface area contributed by atoms with E-state index in [4.69, 9.17) is 11.6 Å². The van der Waals surface area contributed by atoms with Gasteiger partial charge in [-0.05, 0) is 87.3 Å². The van der Waals surface area contributed by atoms with E-state index in [-0.39, 0.29) is 0 Å². The third-order valence-electron chi connectivity index (χ3n) is 6.18. The van der Waals surface area contributed by atoms with Gasteiger partial charge in [-0.15, -0.1) is 11.3 Å². The topological polar surface area (TPSA) is 12.0 Å². The molecular weight excluding hydrogens is 286 g/mol. The fourth-order valence-corrected chi connectivity index (χ4v) is 7.06. The summed E-state index contributed by atoms with van der Waals surface area (Å²) in [7, 11) is 2.14. The van der Waals surface area contributed by atoms with Crippen LogP contribution in [-0.4, -0.2) is 7.05 Å². The summed E-state index contributed by atoms with van der Waals surface area (Å²) in [5.41, 5.74) is 1.25. The average Bonchev–Trinajstić information content (AvgIpc) is 2.72. The van der Waals surface area contributed by atoms with E-state index in [9.17, 15) is 0 Å². The van der Waals surface area contributed by atoms with Gasteiger partial charge in [0.1, 0.15) is 0 Å².